The Kier molecular flexibility index (Phi) is 15.0. The van der Waals surface area contributed by atoms with E-state index in [9.17, 15) is 0 Å². The average molecular weight is 718 g/mol. The second-order valence-electron chi connectivity index (χ2n) is 12.7. The number of aromatic nitrogens is 2. The fourth-order valence-corrected chi connectivity index (χ4v) is 5.85. The third-order valence-corrected chi connectivity index (χ3v) is 8.62. The molecule has 0 saturated heterocycles. The molecule has 55 heavy (non-hydrogen) atoms. The Morgan fingerprint density at radius 1 is 0.818 bits per heavy atom. The van der Waals surface area contributed by atoms with Crippen molar-refractivity contribution >= 4 is 18.6 Å². The minimum Gasteiger partial charge on any atom is -0.281 e. The van der Waals surface area contributed by atoms with Crippen LogP contribution in [0.5, 0.6) is 0 Å². The number of rotatable bonds is 14. The van der Waals surface area contributed by atoms with Gasteiger partial charge in [-0.15, -0.1) is 0 Å². The lowest BCUT2D eigenvalue weighted by atomic mass is 10.0. The zero-order chi connectivity index (χ0) is 38.7. The molecule has 0 radical (unpaired) electrons. The van der Waals surface area contributed by atoms with Crippen LogP contribution in [0.2, 0.25) is 0 Å². The highest BCUT2D eigenvalue weighted by molar-refractivity contribution is 6.09. The van der Waals surface area contributed by atoms with E-state index in [0.717, 1.165) is 61.9 Å². The quantitative estimate of drug-likeness (QED) is 0.0963. The number of benzene rings is 3. The number of allylic oxidation sites excluding steroid dienone is 12. The molecular weight excluding hydrogens is 671 g/mol. The first-order valence-electron chi connectivity index (χ1n) is 18.4. The number of hydrogen-bond donors (Lipinski definition) is 0. The van der Waals surface area contributed by atoms with Crippen molar-refractivity contribution in [2.24, 2.45) is 15.0 Å². The van der Waals surface area contributed by atoms with Crippen LogP contribution >= 0.6 is 0 Å². The SMILES string of the molecule is C=C/C=C\C=C/Cc1cc(-c2ccccc2)nc(-c2cccc(C/C=C(N=C)/C3=C/CC(C)N=C(c4ccccc4)\C=C(\C(C=C)=C\C=C)/N=C\C=C\3)c2)n1. The summed E-state index contributed by atoms with van der Waals surface area (Å²) in [4.78, 5) is 24.4. The molecule has 5 heteroatoms. The van der Waals surface area contributed by atoms with Crippen LogP contribution in [-0.2, 0) is 12.8 Å². The zero-order valence-electron chi connectivity index (χ0n) is 31.5. The van der Waals surface area contributed by atoms with Gasteiger partial charge in [-0.25, -0.2) is 9.97 Å². The predicted molar refractivity (Wildman–Crippen MR) is 236 cm³/mol. The molecule has 4 aromatic rings. The van der Waals surface area contributed by atoms with E-state index in [1.165, 1.54) is 0 Å². The van der Waals surface area contributed by atoms with Crippen molar-refractivity contribution in [2.45, 2.75) is 32.2 Å². The Balaban J connectivity index is 1.46. The molecule has 1 atom stereocenters. The fraction of sp³-hybridized carbons (Fsp3) is 0.100. The summed E-state index contributed by atoms with van der Waals surface area (Å²) in [6, 6.07) is 30.8. The van der Waals surface area contributed by atoms with Gasteiger partial charge in [-0.3, -0.25) is 15.0 Å². The molecule has 0 N–H and O–H groups in total. The molecule has 3 aromatic carbocycles. The lowest BCUT2D eigenvalue weighted by molar-refractivity contribution is 0.758. The summed E-state index contributed by atoms with van der Waals surface area (Å²) in [6.45, 7) is 17.7. The van der Waals surface area contributed by atoms with E-state index in [0.29, 0.717) is 25.1 Å². The average Bonchev–Trinajstić information content (AvgIpc) is 3.22. The van der Waals surface area contributed by atoms with Gasteiger partial charge in [-0.1, -0.05) is 165 Å². The molecule has 0 amide bonds. The van der Waals surface area contributed by atoms with Crippen LogP contribution in [0.4, 0.5) is 0 Å². The Bertz CT molecular complexity index is 2260. The van der Waals surface area contributed by atoms with Crippen LogP contribution in [0, 0.1) is 0 Å². The monoisotopic (exact) mass is 717 g/mol. The second-order valence-corrected chi connectivity index (χ2v) is 12.7. The molecule has 0 bridgehead atoms. The molecule has 1 aliphatic heterocycles. The normalized spacial score (nSPS) is 18.5. The number of nitrogens with zero attached hydrogens (tertiary/aromatic N) is 5. The Morgan fingerprint density at radius 3 is 2.31 bits per heavy atom. The Morgan fingerprint density at radius 2 is 1.58 bits per heavy atom. The summed E-state index contributed by atoms with van der Waals surface area (Å²) in [5, 5.41) is 0. The van der Waals surface area contributed by atoms with E-state index < -0.39 is 0 Å². The summed E-state index contributed by atoms with van der Waals surface area (Å²) >= 11 is 0. The van der Waals surface area contributed by atoms with Crippen molar-refractivity contribution in [1.29, 1.82) is 0 Å². The first-order valence-corrected chi connectivity index (χ1v) is 18.4. The van der Waals surface area contributed by atoms with Crippen LogP contribution in [-0.4, -0.2) is 34.7 Å². The third kappa shape index (κ3) is 11.8. The highest BCUT2D eigenvalue weighted by Crippen LogP contribution is 2.25. The second kappa shape index (κ2) is 21.0. The van der Waals surface area contributed by atoms with E-state index in [1.807, 2.05) is 78.9 Å². The van der Waals surface area contributed by atoms with Crippen molar-refractivity contribution in [1.82, 2.24) is 9.97 Å². The van der Waals surface area contributed by atoms with Crippen molar-refractivity contribution in [2.75, 3.05) is 0 Å². The molecule has 5 nitrogen and oxygen atoms in total. The van der Waals surface area contributed by atoms with Gasteiger partial charge in [0.15, 0.2) is 5.82 Å². The molecule has 1 aliphatic rings. The first-order chi connectivity index (χ1) is 27.0. The van der Waals surface area contributed by atoms with Gasteiger partial charge in [-0.05, 0) is 73.0 Å². The fourth-order valence-electron chi connectivity index (χ4n) is 5.85. The molecule has 0 fully saturated rings. The molecule has 5 rings (SSSR count). The van der Waals surface area contributed by atoms with E-state index in [1.54, 1.807) is 24.4 Å². The zero-order valence-corrected chi connectivity index (χ0v) is 31.5. The van der Waals surface area contributed by atoms with Gasteiger partial charge < -0.3 is 0 Å². The highest BCUT2D eigenvalue weighted by Gasteiger charge is 2.11. The predicted octanol–water partition coefficient (Wildman–Crippen LogP) is 11.8. The van der Waals surface area contributed by atoms with Crippen LogP contribution in [0.25, 0.3) is 22.6 Å². The lowest BCUT2D eigenvalue weighted by Gasteiger charge is -2.12. The minimum absolute atomic E-state index is 0.0199. The summed E-state index contributed by atoms with van der Waals surface area (Å²) in [5.74, 6) is 0.684. The van der Waals surface area contributed by atoms with Gasteiger partial charge in [0.1, 0.15) is 0 Å². The molecule has 1 aromatic heterocycles. The molecule has 272 valence electrons. The minimum atomic E-state index is -0.0199. The lowest BCUT2D eigenvalue weighted by Crippen LogP contribution is -2.06. The van der Waals surface area contributed by atoms with Gasteiger partial charge in [0.05, 0.1) is 28.8 Å². The Hall–Kier alpha value is -6.85. The summed E-state index contributed by atoms with van der Waals surface area (Å²) < 4.78 is 0. The number of aliphatic imine (C=N–C) groups is 3. The van der Waals surface area contributed by atoms with Gasteiger partial charge in [0.2, 0.25) is 0 Å². The molecule has 1 unspecified atom stereocenters. The third-order valence-electron chi connectivity index (χ3n) is 8.62. The van der Waals surface area contributed by atoms with Crippen LogP contribution in [0.15, 0.2) is 227 Å². The van der Waals surface area contributed by atoms with E-state index in [2.05, 4.69) is 111 Å². The van der Waals surface area contributed by atoms with Crippen LogP contribution in [0.3, 0.4) is 0 Å². The summed E-state index contributed by atoms with van der Waals surface area (Å²) in [5.41, 5.74) is 10.1. The van der Waals surface area contributed by atoms with Crippen molar-refractivity contribution in [3.63, 3.8) is 0 Å². The topological polar surface area (TPSA) is 62.9 Å². The summed E-state index contributed by atoms with van der Waals surface area (Å²) in [6.07, 6.45) is 29.2. The smallest absolute Gasteiger partial charge is 0.160 e. The largest absolute Gasteiger partial charge is 0.281 e. The highest BCUT2D eigenvalue weighted by atomic mass is 14.9. The van der Waals surface area contributed by atoms with Crippen LogP contribution in [0.1, 0.15) is 30.2 Å². The van der Waals surface area contributed by atoms with Crippen LogP contribution < -0.4 is 0 Å². The molecule has 0 saturated carbocycles. The maximum atomic E-state index is 5.14. The standard InChI is InChI=1S/C50H47N5/c1-6-9-10-11-18-29-45-36-48(41-23-14-12-15-24-41)55-50(54-45)44-27-19-22-39(35-44)31-33-46(51-5)43-28-20-34-52-47(40(8-3)21-7-2)37-49(53-38(4)30-32-43)42-25-16-13-17-26-42/h6-28,32-38H,1-3,5,29-31H2,4H3/b10-9-,18-11-,28-20+,40-21+,43-32+,46-33-,47-37-,52-34-,53-49?. The maximum Gasteiger partial charge on any atom is 0.160 e. The van der Waals surface area contributed by atoms with E-state index in [-0.39, 0.29) is 6.04 Å². The van der Waals surface area contributed by atoms with Crippen molar-refractivity contribution < 1.29 is 0 Å². The molecule has 2 heterocycles. The number of hydrogen-bond acceptors (Lipinski definition) is 5. The molecule has 0 spiro atoms. The van der Waals surface area contributed by atoms with E-state index >= 15 is 0 Å². The van der Waals surface area contributed by atoms with Gasteiger partial charge in [-0.2, -0.15) is 0 Å². The van der Waals surface area contributed by atoms with E-state index in [4.69, 9.17) is 20.0 Å². The van der Waals surface area contributed by atoms with Gasteiger partial charge in [0, 0.05) is 29.5 Å². The van der Waals surface area contributed by atoms with Gasteiger partial charge >= 0.3 is 0 Å². The molecular formula is C50H47N5. The molecule has 0 aliphatic carbocycles. The summed E-state index contributed by atoms with van der Waals surface area (Å²) in [7, 11) is 0. The van der Waals surface area contributed by atoms with Crippen molar-refractivity contribution in [3.05, 3.63) is 229 Å². The van der Waals surface area contributed by atoms with Gasteiger partial charge in [0.25, 0.3) is 0 Å². The Labute approximate surface area is 326 Å². The first kappa shape index (κ1) is 39.4. The maximum absolute atomic E-state index is 5.14. The van der Waals surface area contributed by atoms with Crippen molar-refractivity contribution in [3.8, 4) is 22.6 Å².